The first kappa shape index (κ1) is 12.9. The number of hydrogen-bond donors (Lipinski definition) is 1. The number of carboxylic acid groups (broad SMARTS) is 1. The molecule has 1 aliphatic heterocycles. The van der Waals surface area contributed by atoms with Gasteiger partial charge in [-0.05, 0) is 5.41 Å². The minimum atomic E-state index is -0.898. The Hall–Kier alpha value is -1.59. The molecule has 18 heavy (non-hydrogen) atoms. The summed E-state index contributed by atoms with van der Waals surface area (Å²) < 4.78 is 0. The minimum Gasteiger partial charge on any atom is -0.481 e. The average molecular weight is 254 g/mol. The Morgan fingerprint density at radius 1 is 1.17 bits per heavy atom. The molecule has 2 atom stereocenters. The van der Waals surface area contributed by atoms with Gasteiger partial charge in [0.25, 0.3) is 0 Å². The van der Waals surface area contributed by atoms with Gasteiger partial charge in [-0.25, -0.2) is 0 Å². The summed E-state index contributed by atoms with van der Waals surface area (Å²) in [6.07, 6.45) is 0.781. The number of piperazine rings is 1. The van der Waals surface area contributed by atoms with Crippen molar-refractivity contribution in [3.8, 4) is 0 Å². The van der Waals surface area contributed by atoms with Crippen LogP contribution in [0.1, 0.15) is 13.8 Å². The normalized spacial score (nSPS) is 29.9. The van der Waals surface area contributed by atoms with Crippen LogP contribution in [0.3, 0.4) is 0 Å². The van der Waals surface area contributed by atoms with E-state index in [1.165, 1.54) is 0 Å². The second-order valence-electron chi connectivity index (χ2n) is 5.58. The Morgan fingerprint density at radius 2 is 1.72 bits per heavy atom. The van der Waals surface area contributed by atoms with E-state index in [4.69, 9.17) is 5.11 Å². The maximum absolute atomic E-state index is 12.2. The molecule has 1 aliphatic carbocycles. The largest absolute Gasteiger partial charge is 0.481 e. The van der Waals surface area contributed by atoms with Gasteiger partial charge >= 0.3 is 5.97 Å². The lowest BCUT2D eigenvalue weighted by Crippen LogP contribution is -2.49. The number of carbonyl (C=O) groups is 3. The number of rotatable bonds is 3. The van der Waals surface area contributed by atoms with Crippen LogP contribution >= 0.6 is 0 Å². The summed E-state index contributed by atoms with van der Waals surface area (Å²) in [5, 5.41) is 9.06. The second kappa shape index (κ2) is 4.26. The Morgan fingerprint density at radius 3 is 2.11 bits per heavy atom. The first-order valence-corrected chi connectivity index (χ1v) is 6.10. The standard InChI is InChI=1S/C12H18N2O4/c1-12(2)8(9(12)11(17)18)10(16)14-5-3-13(7-15)4-6-14/h7-9H,3-6H2,1-2H3,(H,17,18)/t8-,9-/m1/s1. The molecule has 2 amide bonds. The molecule has 100 valence electrons. The number of nitrogens with zero attached hydrogens (tertiary/aromatic N) is 2. The van der Waals surface area contributed by atoms with Crippen LogP contribution in [0.15, 0.2) is 0 Å². The zero-order valence-electron chi connectivity index (χ0n) is 10.6. The van der Waals surface area contributed by atoms with Crippen molar-refractivity contribution in [3.63, 3.8) is 0 Å². The number of aliphatic carboxylic acids is 1. The van der Waals surface area contributed by atoms with Gasteiger partial charge in [-0.3, -0.25) is 14.4 Å². The monoisotopic (exact) mass is 254 g/mol. The summed E-state index contributed by atoms with van der Waals surface area (Å²) in [5.41, 5.74) is -0.454. The summed E-state index contributed by atoms with van der Waals surface area (Å²) in [4.78, 5) is 37.2. The van der Waals surface area contributed by atoms with Crippen LogP contribution in [0.25, 0.3) is 0 Å². The first-order valence-electron chi connectivity index (χ1n) is 6.10. The molecule has 0 radical (unpaired) electrons. The van der Waals surface area contributed by atoms with Crippen molar-refractivity contribution in [2.75, 3.05) is 26.2 Å². The number of carbonyl (C=O) groups excluding carboxylic acids is 2. The summed E-state index contributed by atoms with van der Waals surface area (Å²) >= 11 is 0. The van der Waals surface area contributed by atoms with Crippen LogP contribution in [0, 0.1) is 17.3 Å². The van der Waals surface area contributed by atoms with E-state index in [1.807, 2.05) is 13.8 Å². The van der Waals surface area contributed by atoms with E-state index in [9.17, 15) is 14.4 Å². The quantitative estimate of drug-likeness (QED) is 0.698. The zero-order chi connectivity index (χ0) is 13.5. The molecule has 0 bridgehead atoms. The van der Waals surface area contributed by atoms with E-state index in [1.54, 1.807) is 9.80 Å². The Balaban J connectivity index is 1.98. The second-order valence-corrected chi connectivity index (χ2v) is 5.58. The van der Waals surface area contributed by atoms with Crippen LogP contribution < -0.4 is 0 Å². The van der Waals surface area contributed by atoms with Gasteiger partial charge in [0, 0.05) is 26.2 Å². The van der Waals surface area contributed by atoms with Crippen molar-refractivity contribution < 1.29 is 19.5 Å². The number of carboxylic acids is 1. The minimum absolute atomic E-state index is 0.0852. The third-order valence-corrected chi connectivity index (χ3v) is 4.13. The summed E-state index contributed by atoms with van der Waals surface area (Å²) in [7, 11) is 0. The lowest BCUT2D eigenvalue weighted by molar-refractivity contribution is -0.142. The highest BCUT2D eigenvalue weighted by Crippen LogP contribution is 2.59. The van der Waals surface area contributed by atoms with E-state index in [-0.39, 0.29) is 5.91 Å². The molecule has 0 aromatic carbocycles. The molecule has 2 fully saturated rings. The van der Waals surface area contributed by atoms with Crippen LogP contribution in [0.2, 0.25) is 0 Å². The lowest BCUT2D eigenvalue weighted by atomic mass is 10.1. The maximum Gasteiger partial charge on any atom is 0.307 e. The molecular formula is C12H18N2O4. The van der Waals surface area contributed by atoms with Gasteiger partial charge < -0.3 is 14.9 Å². The van der Waals surface area contributed by atoms with Crippen molar-refractivity contribution in [1.82, 2.24) is 9.80 Å². The SMILES string of the molecule is CC1(C)[C@@H](C(=O)O)[C@@H]1C(=O)N1CCN(C=O)CC1. The van der Waals surface area contributed by atoms with Gasteiger partial charge in [0.1, 0.15) is 0 Å². The topological polar surface area (TPSA) is 77.9 Å². The Kier molecular flexibility index (Phi) is 3.04. The van der Waals surface area contributed by atoms with E-state index in [2.05, 4.69) is 0 Å². The first-order chi connectivity index (χ1) is 8.39. The smallest absolute Gasteiger partial charge is 0.307 e. The summed E-state index contributed by atoms with van der Waals surface area (Å²) in [5.74, 6) is -1.98. The third-order valence-electron chi connectivity index (χ3n) is 4.13. The van der Waals surface area contributed by atoms with Crippen LogP contribution in [0.5, 0.6) is 0 Å². The van der Waals surface area contributed by atoms with E-state index in [0.717, 1.165) is 6.41 Å². The molecule has 0 aromatic heterocycles. The molecule has 6 nitrogen and oxygen atoms in total. The molecule has 0 unspecified atom stereocenters. The predicted molar refractivity (Wildman–Crippen MR) is 62.6 cm³/mol. The number of amides is 2. The van der Waals surface area contributed by atoms with Gasteiger partial charge in [0.05, 0.1) is 11.8 Å². The van der Waals surface area contributed by atoms with Gasteiger partial charge in [-0.1, -0.05) is 13.8 Å². The van der Waals surface area contributed by atoms with Crippen molar-refractivity contribution in [2.45, 2.75) is 13.8 Å². The molecular weight excluding hydrogens is 236 g/mol. The van der Waals surface area contributed by atoms with Gasteiger partial charge in [0.2, 0.25) is 12.3 Å². The Bertz CT molecular complexity index is 386. The summed E-state index contributed by atoms with van der Waals surface area (Å²) in [6.45, 7) is 5.68. The van der Waals surface area contributed by atoms with Crippen LogP contribution in [0.4, 0.5) is 0 Å². The molecule has 0 spiro atoms. The maximum atomic E-state index is 12.2. The molecule has 1 N–H and O–H groups in total. The molecule has 0 aromatic rings. The molecule has 2 rings (SSSR count). The average Bonchev–Trinajstić information content (AvgIpc) is 2.92. The third kappa shape index (κ3) is 1.95. The fourth-order valence-corrected chi connectivity index (χ4v) is 2.80. The van der Waals surface area contributed by atoms with Crippen LogP contribution in [-0.2, 0) is 14.4 Å². The molecule has 1 heterocycles. The molecule has 2 aliphatic rings. The molecule has 1 saturated heterocycles. The highest BCUT2D eigenvalue weighted by atomic mass is 16.4. The highest BCUT2D eigenvalue weighted by Gasteiger charge is 2.66. The van der Waals surface area contributed by atoms with Crippen molar-refractivity contribution in [3.05, 3.63) is 0 Å². The van der Waals surface area contributed by atoms with Gasteiger partial charge in [0.15, 0.2) is 0 Å². The van der Waals surface area contributed by atoms with Crippen LogP contribution in [-0.4, -0.2) is 59.4 Å². The van der Waals surface area contributed by atoms with E-state index in [0.29, 0.717) is 26.2 Å². The van der Waals surface area contributed by atoms with Crippen molar-refractivity contribution >= 4 is 18.3 Å². The van der Waals surface area contributed by atoms with Gasteiger partial charge in [-0.15, -0.1) is 0 Å². The van der Waals surface area contributed by atoms with Gasteiger partial charge in [-0.2, -0.15) is 0 Å². The number of hydrogen-bond acceptors (Lipinski definition) is 3. The van der Waals surface area contributed by atoms with Crippen molar-refractivity contribution in [1.29, 1.82) is 0 Å². The van der Waals surface area contributed by atoms with Crippen molar-refractivity contribution in [2.24, 2.45) is 17.3 Å². The van der Waals surface area contributed by atoms with E-state index >= 15 is 0 Å². The summed E-state index contributed by atoms with van der Waals surface area (Å²) in [6, 6.07) is 0. The fraction of sp³-hybridized carbons (Fsp3) is 0.750. The fourth-order valence-electron chi connectivity index (χ4n) is 2.80. The zero-order valence-corrected chi connectivity index (χ0v) is 10.6. The Labute approximate surface area is 106 Å². The molecule has 1 saturated carbocycles. The molecule has 6 heteroatoms. The predicted octanol–water partition coefficient (Wildman–Crippen LogP) is -0.356. The van der Waals surface area contributed by atoms with E-state index < -0.39 is 23.2 Å². The lowest BCUT2D eigenvalue weighted by Gasteiger charge is -2.33. The highest BCUT2D eigenvalue weighted by molar-refractivity contribution is 5.91.